The van der Waals surface area contributed by atoms with E-state index in [-0.39, 0.29) is 16.8 Å². The Morgan fingerprint density at radius 2 is 2.25 bits per heavy atom. The fourth-order valence-corrected chi connectivity index (χ4v) is 5.10. The topological polar surface area (TPSA) is 85.9 Å². The highest BCUT2D eigenvalue weighted by molar-refractivity contribution is 8.01. The summed E-state index contributed by atoms with van der Waals surface area (Å²) in [5.41, 5.74) is 6.41. The summed E-state index contributed by atoms with van der Waals surface area (Å²) in [4.78, 5) is 8.30. The smallest absolute Gasteiger partial charge is 0.190 e. The van der Waals surface area contributed by atoms with Crippen molar-refractivity contribution in [3.05, 3.63) is 11.8 Å². The molecule has 1 aliphatic heterocycles. The number of nitrogens with zero attached hydrogens (tertiary/aromatic N) is 2. The second kappa shape index (κ2) is 4.21. The summed E-state index contributed by atoms with van der Waals surface area (Å²) >= 11 is 1.40. The molecule has 0 saturated carbocycles. The van der Waals surface area contributed by atoms with E-state index in [1.165, 1.54) is 11.8 Å². The van der Waals surface area contributed by atoms with Gasteiger partial charge in [-0.05, 0) is 13.3 Å². The number of aryl methyl sites for hydroxylation is 1. The van der Waals surface area contributed by atoms with Crippen molar-refractivity contribution < 1.29 is 8.42 Å². The number of aromatic nitrogens is 2. The van der Waals surface area contributed by atoms with Gasteiger partial charge in [0.25, 0.3) is 0 Å². The summed E-state index contributed by atoms with van der Waals surface area (Å²) in [7, 11) is -2.84. The van der Waals surface area contributed by atoms with Gasteiger partial charge in [0.05, 0.1) is 11.5 Å². The SMILES string of the molecule is Cc1cc(N)nc(SC2CCS(=O)(=O)C2)n1. The quantitative estimate of drug-likeness (QED) is 0.785. The maximum atomic E-state index is 11.3. The molecule has 0 spiro atoms. The molecular formula is C9H13N3O2S2. The average Bonchev–Trinajstić information content (AvgIpc) is 2.43. The molecule has 0 amide bonds. The normalized spacial score (nSPS) is 23.4. The molecule has 1 aromatic heterocycles. The molecular weight excluding hydrogens is 246 g/mol. The van der Waals surface area contributed by atoms with Crippen LogP contribution in [0.1, 0.15) is 12.1 Å². The zero-order valence-electron chi connectivity index (χ0n) is 8.88. The minimum absolute atomic E-state index is 0.0613. The molecule has 0 radical (unpaired) electrons. The van der Waals surface area contributed by atoms with Gasteiger partial charge in [0, 0.05) is 17.0 Å². The third-order valence-corrected chi connectivity index (χ3v) is 5.42. The molecule has 5 nitrogen and oxygen atoms in total. The summed E-state index contributed by atoms with van der Waals surface area (Å²) < 4.78 is 22.6. The molecule has 88 valence electrons. The minimum Gasteiger partial charge on any atom is -0.384 e. The molecule has 0 bridgehead atoms. The van der Waals surface area contributed by atoms with E-state index in [0.717, 1.165) is 5.69 Å². The van der Waals surface area contributed by atoms with Gasteiger partial charge in [-0.15, -0.1) is 0 Å². The first-order valence-corrected chi connectivity index (χ1v) is 7.63. The summed E-state index contributed by atoms with van der Waals surface area (Å²) in [6, 6.07) is 1.69. The van der Waals surface area contributed by atoms with Gasteiger partial charge in [-0.3, -0.25) is 0 Å². The molecule has 1 aromatic rings. The fraction of sp³-hybridized carbons (Fsp3) is 0.556. The van der Waals surface area contributed by atoms with Crippen LogP contribution in [0.2, 0.25) is 0 Å². The maximum absolute atomic E-state index is 11.3. The van der Waals surface area contributed by atoms with Crippen LogP contribution in [-0.4, -0.2) is 35.1 Å². The van der Waals surface area contributed by atoms with Gasteiger partial charge in [-0.25, -0.2) is 18.4 Å². The van der Waals surface area contributed by atoms with Crippen LogP contribution in [0.5, 0.6) is 0 Å². The van der Waals surface area contributed by atoms with Crippen molar-refractivity contribution in [3.63, 3.8) is 0 Å². The molecule has 16 heavy (non-hydrogen) atoms. The Balaban J connectivity index is 2.10. The molecule has 0 aliphatic carbocycles. The fourth-order valence-electron chi connectivity index (χ4n) is 1.62. The largest absolute Gasteiger partial charge is 0.384 e. The van der Waals surface area contributed by atoms with Crippen LogP contribution in [0.15, 0.2) is 11.2 Å². The number of rotatable bonds is 2. The zero-order valence-corrected chi connectivity index (χ0v) is 10.5. The molecule has 1 fully saturated rings. The Morgan fingerprint density at radius 1 is 1.50 bits per heavy atom. The number of thioether (sulfide) groups is 1. The Morgan fingerprint density at radius 3 is 2.81 bits per heavy atom. The Labute approximate surface area is 98.8 Å². The van der Waals surface area contributed by atoms with Crippen molar-refractivity contribution in [3.8, 4) is 0 Å². The van der Waals surface area contributed by atoms with Crippen LogP contribution in [0.4, 0.5) is 5.82 Å². The number of hydrogen-bond acceptors (Lipinski definition) is 6. The number of anilines is 1. The lowest BCUT2D eigenvalue weighted by Crippen LogP contribution is -2.07. The Hall–Kier alpha value is -0.820. The molecule has 2 rings (SSSR count). The van der Waals surface area contributed by atoms with Crippen LogP contribution in [0.25, 0.3) is 0 Å². The van der Waals surface area contributed by atoms with Gasteiger partial charge in [-0.1, -0.05) is 11.8 Å². The highest BCUT2D eigenvalue weighted by atomic mass is 32.2. The standard InChI is InChI=1S/C9H13N3O2S2/c1-6-4-8(10)12-9(11-6)15-7-2-3-16(13,14)5-7/h4,7H,2-3,5H2,1H3,(H2,10,11,12). The van der Waals surface area contributed by atoms with Crippen LogP contribution >= 0.6 is 11.8 Å². The zero-order chi connectivity index (χ0) is 11.8. The highest BCUT2D eigenvalue weighted by Gasteiger charge is 2.29. The maximum Gasteiger partial charge on any atom is 0.190 e. The van der Waals surface area contributed by atoms with Crippen molar-refractivity contribution in [2.45, 2.75) is 23.8 Å². The lowest BCUT2D eigenvalue weighted by atomic mass is 10.4. The number of nitrogen functional groups attached to an aromatic ring is 1. The first-order valence-electron chi connectivity index (χ1n) is 4.93. The van der Waals surface area contributed by atoms with E-state index in [9.17, 15) is 8.42 Å². The third-order valence-electron chi connectivity index (χ3n) is 2.32. The van der Waals surface area contributed by atoms with Crippen LogP contribution < -0.4 is 5.73 Å². The third kappa shape index (κ3) is 2.85. The molecule has 2 N–H and O–H groups in total. The molecule has 2 heterocycles. The van der Waals surface area contributed by atoms with Gasteiger partial charge < -0.3 is 5.73 Å². The molecule has 1 unspecified atom stereocenters. The van der Waals surface area contributed by atoms with Crippen molar-refractivity contribution in [2.24, 2.45) is 0 Å². The van der Waals surface area contributed by atoms with Gasteiger partial charge >= 0.3 is 0 Å². The number of nitrogens with two attached hydrogens (primary N) is 1. The summed E-state index contributed by atoms with van der Waals surface area (Å²) in [6.07, 6.45) is 0.671. The van der Waals surface area contributed by atoms with Gasteiger partial charge in [0.1, 0.15) is 5.82 Å². The van der Waals surface area contributed by atoms with Crippen molar-refractivity contribution in [2.75, 3.05) is 17.2 Å². The van der Waals surface area contributed by atoms with E-state index in [1.54, 1.807) is 6.07 Å². The molecule has 1 aliphatic rings. The van der Waals surface area contributed by atoms with E-state index in [4.69, 9.17) is 5.73 Å². The molecule has 1 atom stereocenters. The van der Waals surface area contributed by atoms with Gasteiger partial charge in [-0.2, -0.15) is 0 Å². The van der Waals surface area contributed by atoms with Gasteiger partial charge in [0.2, 0.25) is 0 Å². The highest BCUT2D eigenvalue weighted by Crippen LogP contribution is 2.29. The van der Waals surface area contributed by atoms with E-state index in [2.05, 4.69) is 9.97 Å². The minimum atomic E-state index is -2.84. The number of hydrogen-bond donors (Lipinski definition) is 1. The van der Waals surface area contributed by atoms with Crippen molar-refractivity contribution >= 4 is 27.4 Å². The van der Waals surface area contributed by atoms with Crippen LogP contribution in [0.3, 0.4) is 0 Å². The molecule has 1 saturated heterocycles. The predicted octanol–water partition coefficient (Wildman–Crippen LogP) is 0.646. The van der Waals surface area contributed by atoms with E-state index in [1.807, 2.05) is 6.92 Å². The lowest BCUT2D eigenvalue weighted by Gasteiger charge is -2.06. The summed E-state index contributed by atoms with van der Waals surface area (Å²) in [6.45, 7) is 1.84. The van der Waals surface area contributed by atoms with E-state index in [0.29, 0.717) is 17.4 Å². The average molecular weight is 259 g/mol. The monoisotopic (exact) mass is 259 g/mol. The lowest BCUT2D eigenvalue weighted by molar-refractivity contribution is 0.602. The van der Waals surface area contributed by atoms with E-state index >= 15 is 0 Å². The Bertz CT molecular complexity index is 481. The first kappa shape index (κ1) is 11.7. The number of sulfone groups is 1. The van der Waals surface area contributed by atoms with Crippen LogP contribution in [0, 0.1) is 6.92 Å². The van der Waals surface area contributed by atoms with Crippen LogP contribution in [-0.2, 0) is 9.84 Å². The summed E-state index contributed by atoms with van der Waals surface area (Å²) in [5, 5.41) is 0.630. The van der Waals surface area contributed by atoms with Gasteiger partial charge in [0.15, 0.2) is 15.0 Å². The second-order valence-corrected chi connectivity index (χ2v) is 7.36. The Kier molecular flexibility index (Phi) is 3.07. The van der Waals surface area contributed by atoms with E-state index < -0.39 is 9.84 Å². The second-order valence-electron chi connectivity index (χ2n) is 3.86. The first-order chi connectivity index (χ1) is 7.44. The predicted molar refractivity (Wildman–Crippen MR) is 64.1 cm³/mol. The molecule has 7 heteroatoms. The summed E-state index contributed by atoms with van der Waals surface area (Å²) in [5.74, 6) is 0.914. The van der Waals surface area contributed by atoms with Crippen molar-refractivity contribution in [1.82, 2.24) is 9.97 Å². The van der Waals surface area contributed by atoms with Crippen molar-refractivity contribution in [1.29, 1.82) is 0 Å². The molecule has 0 aromatic carbocycles.